The fraction of sp³-hybridized carbons (Fsp3) is 0.400. The van der Waals surface area contributed by atoms with E-state index in [2.05, 4.69) is 33.7 Å². The van der Waals surface area contributed by atoms with Crippen molar-refractivity contribution in [1.82, 2.24) is 19.4 Å². The summed E-state index contributed by atoms with van der Waals surface area (Å²) in [6, 6.07) is 8.15. The van der Waals surface area contributed by atoms with Crippen molar-refractivity contribution in [2.75, 3.05) is 0 Å². The maximum Gasteiger partial charge on any atom is 0.0803 e. The average molecular weight is 301 g/mol. The molecule has 0 saturated heterocycles. The van der Waals surface area contributed by atoms with Crippen molar-refractivity contribution >= 4 is 22.4 Å². The maximum atomic E-state index is 6.38. The summed E-state index contributed by atoms with van der Waals surface area (Å²) in [7, 11) is 1.97. The number of benzene rings is 1. The Balaban J connectivity index is 1.89. The van der Waals surface area contributed by atoms with Crippen LogP contribution in [0.2, 0.25) is 0 Å². The molecule has 6 heteroatoms. The second-order valence-electron chi connectivity index (χ2n) is 5.23. The summed E-state index contributed by atoms with van der Waals surface area (Å²) in [6.45, 7) is 2.14. The van der Waals surface area contributed by atoms with Crippen LogP contribution in [0.3, 0.4) is 0 Å². The summed E-state index contributed by atoms with van der Waals surface area (Å²) < 4.78 is 5.97. The van der Waals surface area contributed by atoms with Gasteiger partial charge < -0.3 is 5.73 Å². The number of hydrogen-bond donors (Lipinski definition) is 1. The summed E-state index contributed by atoms with van der Waals surface area (Å²) in [5, 5.41) is 9.99. The number of aromatic nitrogens is 4. The third-order valence-electron chi connectivity index (χ3n) is 3.66. The number of hydrogen-bond acceptors (Lipinski definition) is 5. The van der Waals surface area contributed by atoms with E-state index in [9.17, 15) is 0 Å². The smallest absolute Gasteiger partial charge is 0.0803 e. The monoisotopic (exact) mass is 301 g/mol. The Morgan fingerprint density at radius 1 is 1.29 bits per heavy atom. The number of fused-ring (bicyclic) bond motifs is 1. The van der Waals surface area contributed by atoms with E-state index in [-0.39, 0.29) is 6.04 Å². The van der Waals surface area contributed by atoms with Crippen LogP contribution >= 0.6 is 11.5 Å². The molecule has 2 aromatic heterocycles. The van der Waals surface area contributed by atoms with Crippen LogP contribution in [0.5, 0.6) is 0 Å². The van der Waals surface area contributed by atoms with E-state index in [0.29, 0.717) is 6.42 Å². The van der Waals surface area contributed by atoms with Crippen LogP contribution in [0.25, 0.3) is 10.9 Å². The van der Waals surface area contributed by atoms with Gasteiger partial charge in [-0.3, -0.25) is 4.68 Å². The molecule has 5 nitrogen and oxygen atoms in total. The van der Waals surface area contributed by atoms with E-state index in [1.807, 2.05) is 23.9 Å². The van der Waals surface area contributed by atoms with Crippen molar-refractivity contribution in [3.63, 3.8) is 0 Å². The van der Waals surface area contributed by atoms with Crippen LogP contribution < -0.4 is 5.73 Å². The van der Waals surface area contributed by atoms with Crippen molar-refractivity contribution < 1.29 is 0 Å². The van der Waals surface area contributed by atoms with Gasteiger partial charge in [-0.2, -0.15) is 5.10 Å². The summed E-state index contributed by atoms with van der Waals surface area (Å²) in [6.07, 6.45) is 2.70. The van der Waals surface area contributed by atoms with Gasteiger partial charge in [0, 0.05) is 24.9 Å². The molecule has 0 radical (unpaired) electrons. The zero-order valence-corrected chi connectivity index (χ0v) is 13.1. The molecule has 0 bridgehead atoms. The average Bonchev–Trinajstić information content (AvgIpc) is 3.06. The molecular formula is C15H19N5S. The van der Waals surface area contributed by atoms with Crippen molar-refractivity contribution in [3.05, 3.63) is 40.5 Å². The SMILES string of the molecule is CCCc1nnsc1C(N)Cc1nn(C)c2ccccc12. The molecule has 1 atom stereocenters. The second kappa shape index (κ2) is 5.91. The van der Waals surface area contributed by atoms with E-state index in [1.165, 1.54) is 16.9 Å². The minimum Gasteiger partial charge on any atom is -0.323 e. The Bertz CT molecular complexity index is 745. The zero-order chi connectivity index (χ0) is 14.8. The van der Waals surface area contributed by atoms with E-state index < -0.39 is 0 Å². The lowest BCUT2D eigenvalue weighted by Crippen LogP contribution is -2.14. The first kappa shape index (κ1) is 14.2. The third kappa shape index (κ3) is 2.69. The minimum absolute atomic E-state index is 0.0927. The van der Waals surface area contributed by atoms with Gasteiger partial charge in [-0.05, 0) is 24.0 Å². The van der Waals surface area contributed by atoms with Gasteiger partial charge in [0.05, 0.1) is 21.8 Å². The molecule has 110 valence electrons. The van der Waals surface area contributed by atoms with Crippen LogP contribution in [0.4, 0.5) is 0 Å². The fourth-order valence-corrected chi connectivity index (χ4v) is 3.34. The molecule has 21 heavy (non-hydrogen) atoms. The van der Waals surface area contributed by atoms with Gasteiger partial charge in [-0.15, -0.1) is 5.10 Å². The summed E-state index contributed by atoms with van der Waals surface area (Å²) in [5.41, 5.74) is 9.59. The Kier molecular flexibility index (Phi) is 3.98. The van der Waals surface area contributed by atoms with Gasteiger partial charge in [0.25, 0.3) is 0 Å². The first-order valence-electron chi connectivity index (χ1n) is 7.18. The van der Waals surface area contributed by atoms with E-state index in [4.69, 9.17) is 5.73 Å². The zero-order valence-electron chi connectivity index (χ0n) is 12.3. The third-order valence-corrected chi connectivity index (χ3v) is 4.55. The highest BCUT2D eigenvalue weighted by Crippen LogP contribution is 2.26. The molecule has 0 spiro atoms. The second-order valence-corrected chi connectivity index (χ2v) is 6.02. The molecule has 1 unspecified atom stereocenters. The predicted molar refractivity (Wildman–Crippen MR) is 85.3 cm³/mol. The molecule has 0 saturated carbocycles. The number of nitrogens with two attached hydrogens (primary N) is 1. The number of nitrogens with zero attached hydrogens (tertiary/aromatic N) is 4. The molecule has 0 aliphatic rings. The molecule has 0 aliphatic heterocycles. The lowest BCUT2D eigenvalue weighted by atomic mass is 10.0. The predicted octanol–water partition coefficient (Wildman–Crippen LogP) is 2.62. The van der Waals surface area contributed by atoms with Crippen molar-refractivity contribution in [2.45, 2.75) is 32.2 Å². The van der Waals surface area contributed by atoms with Gasteiger partial charge >= 0.3 is 0 Å². The minimum atomic E-state index is -0.0927. The van der Waals surface area contributed by atoms with Crippen LogP contribution in [0, 0.1) is 0 Å². The van der Waals surface area contributed by atoms with Gasteiger partial charge in [0.15, 0.2) is 0 Å². The molecular weight excluding hydrogens is 282 g/mol. The Labute approximate surface area is 127 Å². The van der Waals surface area contributed by atoms with E-state index in [1.54, 1.807) is 0 Å². The Hall–Kier alpha value is -1.79. The van der Waals surface area contributed by atoms with Crippen LogP contribution in [0.15, 0.2) is 24.3 Å². The van der Waals surface area contributed by atoms with Crippen LogP contribution in [-0.4, -0.2) is 19.4 Å². The standard InChI is InChI=1S/C15H19N5S/c1-3-6-12-15(21-19-17-12)11(16)9-13-10-7-4-5-8-14(10)20(2)18-13/h4-5,7-8,11H,3,6,9,16H2,1-2H3. The molecule has 3 rings (SSSR count). The van der Waals surface area contributed by atoms with Gasteiger partial charge in [-0.25, -0.2) is 0 Å². The molecule has 1 aromatic carbocycles. The van der Waals surface area contributed by atoms with Crippen LogP contribution in [-0.2, 0) is 19.9 Å². The number of aryl methyl sites for hydroxylation is 2. The molecule has 0 fully saturated rings. The topological polar surface area (TPSA) is 69.6 Å². The molecule has 3 aromatic rings. The largest absolute Gasteiger partial charge is 0.323 e. The van der Waals surface area contributed by atoms with Gasteiger partial charge in [0.2, 0.25) is 0 Å². The summed E-state index contributed by atoms with van der Waals surface area (Å²) in [5.74, 6) is 0. The van der Waals surface area contributed by atoms with E-state index >= 15 is 0 Å². The first-order chi connectivity index (χ1) is 10.2. The lowest BCUT2D eigenvalue weighted by molar-refractivity contribution is 0.680. The van der Waals surface area contributed by atoms with Gasteiger partial charge in [0.1, 0.15) is 0 Å². The quantitative estimate of drug-likeness (QED) is 0.786. The fourth-order valence-electron chi connectivity index (χ4n) is 2.65. The molecule has 2 N–H and O–H groups in total. The van der Waals surface area contributed by atoms with Crippen LogP contribution in [0.1, 0.15) is 35.7 Å². The highest BCUT2D eigenvalue weighted by atomic mass is 32.1. The number of para-hydroxylation sites is 1. The van der Waals surface area contributed by atoms with E-state index in [0.717, 1.165) is 34.6 Å². The van der Waals surface area contributed by atoms with Crippen molar-refractivity contribution in [1.29, 1.82) is 0 Å². The summed E-state index contributed by atoms with van der Waals surface area (Å²) >= 11 is 1.41. The van der Waals surface area contributed by atoms with Crippen molar-refractivity contribution in [2.24, 2.45) is 12.8 Å². The Morgan fingerprint density at radius 3 is 2.90 bits per heavy atom. The molecule has 0 amide bonds. The molecule has 2 heterocycles. The number of rotatable bonds is 5. The lowest BCUT2D eigenvalue weighted by Gasteiger charge is -2.09. The summed E-state index contributed by atoms with van der Waals surface area (Å²) in [4.78, 5) is 1.09. The van der Waals surface area contributed by atoms with Gasteiger partial charge in [-0.1, -0.05) is 36.0 Å². The normalized spacial score (nSPS) is 12.9. The highest BCUT2D eigenvalue weighted by Gasteiger charge is 2.18. The van der Waals surface area contributed by atoms with Crippen molar-refractivity contribution in [3.8, 4) is 0 Å². The maximum absolute atomic E-state index is 6.38. The first-order valence-corrected chi connectivity index (χ1v) is 7.95. The molecule has 0 aliphatic carbocycles. The Morgan fingerprint density at radius 2 is 2.10 bits per heavy atom. The highest BCUT2D eigenvalue weighted by molar-refractivity contribution is 7.05.